The molecular weight excluding hydrogens is 350 g/mol. The highest BCUT2D eigenvalue weighted by molar-refractivity contribution is 7.99. The molecule has 0 aromatic carbocycles. The molecule has 0 bridgehead atoms. The third-order valence-electron chi connectivity index (χ3n) is 4.27. The monoisotopic (exact) mass is 371 g/mol. The fourth-order valence-electron chi connectivity index (χ4n) is 2.90. The summed E-state index contributed by atoms with van der Waals surface area (Å²) >= 11 is 1.72. The van der Waals surface area contributed by atoms with E-state index >= 15 is 0 Å². The van der Waals surface area contributed by atoms with Crippen LogP contribution in [0.2, 0.25) is 0 Å². The average molecular weight is 371 g/mol. The van der Waals surface area contributed by atoms with Crippen molar-refractivity contribution in [1.82, 2.24) is 24.6 Å². The molecule has 1 aliphatic rings. The van der Waals surface area contributed by atoms with Gasteiger partial charge < -0.3 is 9.15 Å². The van der Waals surface area contributed by atoms with E-state index in [1.165, 1.54) is 0 Å². The van der Waals surface area contributed by atoms with Gasteiger partial charge in [0.1, 0.15) is 5.76 Å². The number of aromatic nitrogens is 4. The average Bonchev–Trinajstić information content (AvgIpc) is 3.34. The van der Waals surface area contributed by atoms with Gasteiger partial charge in [-0.05, 0) is 24.3 Å². The van der Waals surface area contributed by atoms with E-state index in [0.717, 1.165) is 60.9 Å². The Hall–Kier alpha value is -2.16. The Bertz CT molecular complexity index is 800. The Morgan fingerprint density at radius 3 is 2.81 bits per heavy atom. The first-order chi connectivity index (χ1) is 12.9. The highest BCUT2D eigenvalue weighted by Crippen LogP contribution is 2.25. The van der Waals surface area contributed by atoms with Crippen molar-refractivity contribution in [2.75, 3.05) is 38.6 Å². The first-order valence-corrected chi connectivity index (χ1v) is 9.67. The summed E-state index contributed by atoms with van der Waals surface area (Å²) < 4.78 is 13.0. The normalized spacial score (nSPS) is 15.4. The van der Waals surface area contributed by atoms with Crippen LogP contribution in [-0.4, -0.2) is 63.2 Å². The molecule has 0 aliphatic carbocycles. The largest absolute Gasteiger partial charge is 0.467 e. The number of hydrogen-bond donors (Lipinski definition) is 0. The van der Waals surface area contributed by atoms with Crippen LogP contribution in [0.15, 0.2) is 52.5 Å². The Balaban J connectivity index is 1.50. The summed E-state index contributed by atoms with van der Waals surface area (Å²) in [4.78, 5) is 6.62. The van der Waals surface area contributed by atoms with E-state index in [4.69, 9.17) is 9.15 Å². The van der Waals surface area contributed by atoms with Gasteiger partial charge in [-0.15, -0.1) is 10.2 Å². The maximum absolute atomic E-state index is 5.53. The topological polar surface area (TPSA) is 69.2 Å². The van der Waals surface area contributed by atoms with Crippen LogP contribution in [0.25, 0.3) is 11.4 Å². The second-order valence-corrected chi connectivity index (χ2v) is 7.08. The van der Waals surface area contributed by atoms with Crippen molar-refractivity contribution >= 4 is 11.8 Å². The minimum absolute atomic E-state index is 0.601. The van der Waals surface area contributed by atoms with Gasteiger partial charge in [-0.25, -0.2) is 0 Å². The van der Waals surface area contributed by atoms with E-state index in [1.54, 1.807) is 24.2 Å². The maximum atomic E-state index is 5.53. The van der Waals surface area contributed by atoms with E-state index in [9.17, 15) is 0 Å². The molecule has 0 unspecified atom stereocenters. The van der Waals surface area contributed by atoms with Crippen molar-refractivity contribution in [3.63, 3.8) is 0 Å². The lowest BCUT2D eigenvalue weighted by atomic mass is 10.2. The molecule has 1 aliphatic heterocycles. The van der Waals surface area contributed by atoms with Gasteiger partial charge in [0.25, 0.3) is 0 Å². The summed E-state index contributed by atoms with van der Waals surface area (Å²) in [6.07, 6.45) is 5.26. The van der Waals surface area contributed by atoms with E-state index < -0.39 is 0 Å². The second-order valence-electron chi connectivity index (χ2n) is 6.02. The van der Waals surface area contributed by atoms with E-state index in [2.05, 4.69) is 24.6 Å². The zero-order valence-corrected chi connectivity index (χ0v) is 15.3. The summed E-state index contributed by atoms with van der Waals surface area (Å²) in [6.45, 7) is 5.27. The standard InChI is InChI=1S/C18H21N5O2S/c1-3-15(13-19-5-1)17-20-21-18(23(17)14-16-4-2-9-25-16)26-12-8-22-6-10-24-11-7-22/h1-5,9,13H,6-8,10-12,14H2. The maximum Gasteiger partial charge on any atom is 0.191 e. The molecule has 4 heterocycles. The fraction of sp³-hybridized carbons (Fsp3) is 0.389. The molecule has 0 radical (unpaired) electrons. The lowest BCUT2D eigenvalue weighted by Crippen LogP contribution is -2.37. The predicted octanol–water partition coefficient (Wildman–Crippen LogP) is 2.41. The Kier molecular flexibility index (Phi) is 5.63. The molecule has 1 fully saturated rings. The number of morpholine rings is 1. The van der Waals surface area contributed by atoms with Gasteiger partial charge in [-0.1, -0.05) is 11.8 Å². The highest BCUT2D eigenvalue weighted by Gasteiger charge is 2.17. The molecule has 136 valence electrons. The summed E-state index contributed by atoms with van der Waals surface area (Å²) in [7, 11) is 0. The molecule has 0 amide bonds. The zero-order valence-electron chi connectivity index (χ0n) is 14.5. The summed E-state index contributed by atoms with van der Waals surface area (Å²) in [5, 5.41) is 9.72. The number of ether oxygens (including phenoxy) is 1. The number of nitrogens with zero attached hydrogens (tertiary/aromatic N) is 5. The molecule has 0 spiro atoms. The first-order valence-electron chi connectivity index (χ1n) is 8.69. The summed E-state index contributed by atoms with van der Waals surface area (Å²) in [5.74, 6) is 2.65. The summed E-state index contributed by atoms with van der Waals surface area (Å²) in [6, 6.07) is 7.77. The van der Waals surface area contributed by atoms with Gasteiger partial charge in [-0.2, -0.15) is 0 Å². The number of thioether (sulfide) groups is 1. The lowest BCUT2D eigenvalue weighted by molar-refractivity contribution is 0.0410. The number of furan rings is 1. The van der Waals surface area contributed by atoms with Crippen molar-refractivity contribution < 1.29 is 9.15 Å². The quantitative estimate of drug-likeness (QED) is 0.591. The van der Waals surface area contributed by atoms with Gasteiger partial charge in [0.15, 0.2) is 11.0 Å². The minimum Gasteiger partial charge on any atom is -0.467 e. The van der Waals surface area contributed by atoms with Gasteiger partial charge in [0, 0.05) is 43.3 Å². The summed E-state index contributed by atoms with van der Waals surface area (Å²) in [5.41, 5.74) is 0.951. The van der Waals surface area contributed by atoms with E-state index in [0.29, 0.717) is 6.54 Å². The SMILES string of the molecule is c1cncc(-c2nnc(SCCN3CCOCC3)n2Cc2ccco2)c1. The lowest BCUT2D eigenvalue weighted by Gasteiger charge is -2.26. The van der Waals surface area contributed by atoms with Crippen LogP contribution < -0.4 is 0 Å². The van der Waals surface area contributed by atoms with Crippen LogP contribution in [0.1, 0.15) is 5.76 Å². The van der Waals surface area contributed by atoms with Crippen LogP contribution >= 0.6 is 11.8 Å². The van der Waals surface area contributed by atoms with Gasteiger partial charge in [0.05, 0.1) is 26.0 Å². The molecule has 0 atom stereocenters. The molecule has 3 aromatic heterocycles. The number of pyridine rings is 1. The number of rotatable bonds is 7. The highest BCUT2D eigenvalue weighted by atomic mass is 32.2. The van der Waals surface area contributed by atoms with Gasteiger partial charge >= 0.3 is 0 Å². The molecule has 7 nitrogen and oxygen atoms in total. The number of hydrogen-bond acceptors (Lipinski definition) is 7. The van der Waals surface area contributed by atoms with Crippen molar-refractivity contribution in [3.8, 4) is 11.4 Å². The minimum atomic E-state index is 0.601. The molecule has 8 heteroatoms. The smallest absolute Gasteiger partial charge is 0.191 e. The van der Waals surface area contributed by atoms with Crippen LogP contribution in [-0.2, 0) is 11.3 Å². The predicted molar refractivity (Wildman–Crippen MR) is 99.0 cm³/mol. The van der Waals surface area contributed by atoms with Crippen LogP contribution in [0, 0.1) is 0 Å². The fourth-order valence-corrected chi connectivity index (χ4v) is 3.83. The van der Waals surface area contributed by atoms with E-state index in [-0.39, 0.29) is 0 Å². The van der Waals surface area contributed by atoms with E-state index in [1.807, 2.05) is 30.5 Å². The molecule has 26 heavy (non-hydrogen) atoms. The third-order valence-corrected chi connectivity index (χ3v) is 5.22. The van der Waals surface area contributed by atoms with Crippen molar-refractivity contribution in [1.29, 1.82) is 0 Å². The molecule has 0 N–H and O–H groups in total. The van der Waals surface area contributed by atoms with Crippen molar-refractivity contribution in [2.24, 2.45) is 0 Å². The Morgan fingerprint density at radius 1 is 1.12 bits per heavy atom. The molecule has 3 aromatic rings. The van der Waals surface area contributed by atoms with Crippen molar-refractivity contribution in [3.05, 3.63) is 48.7 Å². The Morgan fingerprint density at radius 2 is 2.04 bits per heavy atom. The van der Waals surface area contributed by atoms with Crippen molar-refractivity contribution in [2.45, 2.75) is 11.7 Å². The van der Waals surface area contributed by atoms with Gasteiger partial charge in [0.2, 0.25) is 0 Å². The van der Waals surface area contributed by atoms with Crippen LogP contribution in [0.3, 0.4) is 0 Å². The third kappa shape index (κ3) is 4.14. The molecular formula is C18H21N5O2S. The van der Waals surface area contributed by atoms with Gasteiger partial charge in [-0.3, -0.25) is 14.5 Å². The van der Waals surface area contributed by atoms with Crippen LogP contribution in [0.4, 0.5) is 0 Å². The molecule has 0 saturated carbocycles. The van der Waals surface area contributed by atoms with Crippen LogP contribution in [0.5, 0.6) is 0 Å². The zero-order chi connectivity index (χ0) is 17.6. The molecule has 1 saturated heterocycles. The first kappa shape index (κ1) is 17.3. The second kappa shape index (κ2) is 8.48. The molecule has 4 rings (SSSR count). The Labute approximate surface area is 156 Å².